The molecule has 104 valence electrons. The van der Waals surface area contributed by atoms with Crippen molar-refractivity contribution in [3.05, 3.63) is 51.8 Å². The Morgan fingerprint density at radius 2 is 2.20 bits per heavy atom. The third kappa shape index (κ3) is 2.06. The summed E-state index contributed by atoms with van der Waals surface area (Å²) >= 11 is 6.30. The summed E-state index contributed by atoms with van der Waals surface area (Å²) in [5.74, 6) is 0.262. The van der Waals surface area contributed by atoms with E-state index in [0.717, 1.165) is 24.2 Å². The highest BCUT2D eigenvalue weighted by Gasteiger charge is 2.32. The van der Waals surface area contributed by atoms with Crippen molar-refractivity contribution < 1.29 is 4.79 Å². The molecule has 1 unspecified atom stereocenters. The van der Waals surface area contributed by atoms with Gasteiger partial charge >= 0.3 is 0 Å². The number of hydrogen-bond donors (Lipinski definition) is 0. The van der Waals surface area contributed by atoms with Gasteiger partial charge in [0.1, 0.15) is 5.78 Å². The zero-order valence-electron chi connectivity index (χ0n) is 11.7. The van der Waals surface area contributed by atoms with Gasteiger partial charge in [-0.3, -0.25) is 9.48 Å². The van der Waals surface area contributed by atoms with Gasteiger partial charge in [0, 0.05) is 13.0 Å². The summed E-state index contributed by atoms with van der Waals surface area (Å²) in [5, 5.41) is 5.01. The van der Waals surface area contributed by atoms with Crippen LogP contribution in [-0.4, -0.2) is 15.6 Å². The molecule has 2 aromatic rings. The number of benzene rings is 1. The van der Waals surface area contributed by atoms with Crippen LogP contribution in [0.25, 0.3) is 0 Å². The third-order valence-electron chi connectivity index (χ3n) is 4.09. The van der Waals surface area contributed by atoms with Gasteiger partial charge in [-0.2, -0.15) is 5.10 Å². The van der Waals surface area contributed by atoms with Crippen LogP contribution in [-0.2, 0) is 31.1 Å². The second-order valence-electron chi connectivity index (χ2n) is 5.28. The van der Waals surface area contributed by atoms with Crippen molar-refractivity contribution in [2.45, 2.75) is 32.1 Å². The van der Waals surface area contributed by atoms with Crippen LogP contribution >= 0.6 is 11.6 Å². The smallest absolute Gasteiger partial charge is 0.146 e. The van der Waals surface area contributed by atoms with Gasteiger partial charge in [0.25, 0.3) is 0 Å². The summed E-state index contributed by atoms with van der Waals surface area (Å²) in [4.78, 5) is 12.5. The molecule has 1 heterocycles. The molecule has 0 amide bonds. The number of aromatic nitrogens is 2. The summed E-state index contributed by atoms with van der Waals surface area (Å²) in [6, 6.07) is 8.14. The Labute approximate surface area is 123 Å². The first-order chi connectivity index (χ1) is 9.61. The molecule has 1 aromatic carbocycles. The topological polar surface area (TPSA) is 34.9 Å². The maximum absolute atomic E-state index is 12.5. The van der Waals surface area contributed by atoms with Crippen LogP contribution in [0.1, 0.15) is 35.4 Å². The molecule has 0 saturated heterocycles. The van der Waals surface area contributed by atoms with Crippen molar-refractivity contribution in [1.29, 1.82) is 0 Å². The third-order valence-corrected chi connectivity index (χ3v) is 4.52. The van der Waals surface area contributed by atoms with Gasteiger partial charge in [-0.25, -0.2) is 0 Å². The molecule has 0 bridgehead atoms. The van der Waals surface area contributed by atoms with Crippen molar-refractivity contribution in [2.75, 3.05) is 0 Å². The molecule has 0 aliphatic heterocycles. The SMILES string of the molecule is CCc1nn(C)c(CC(=O)C2Cc3ccccc32)c1Cl. The van der Waals surface area contributed by atoms with E-state index in [2.05, 4.69) is 11.2 Å². The minimum absolute atomic E-state index is 0.0299. The Morgan fingerprint density at radius 1 is 1.45 bits per heavy atom. The van der Waals surface area contributed by atoms with Gasteiger partial charge in [0.15, 0.2) is 0 Å². The number of carbonyl (C=O) groups is 1. The fraction of sp³-hybridized carbons (Fsp3) is 0.375. The molecule has 4 heteroatoms. The van der Waals surface area contributed by atoms with E-state index >= 15 is 0 Å². The number of ketones is 1. The van der Waals surface area contributed by atoms with E-state index in [1.165, 1.54) is 11.1 Å². The number of halogens is 1. The molecular weight excluding hydrogens is 272 g/mol. The van der Waals surface area contributed by atoms with E-state index in [0.29, 0.717) is 11.4 Å². The zero-order chi connectivity index (χ0) is 14.3. The highest BCUT2D eigenvalue weighted by Crippen LogP contribution is 2.36. The second kappa shape index (κ2) is 5.06. The molecule has 0 fully saturated rings. The molecule has 0 spiro atoms. The highest BCUT2D eigenvalue weighted by atomic mass is 35.5. The van der Waals surface area contributed by atoms with E-state index in [9.17, 15) is 4.79 Å². The normalized spacial score (nSPS) is 16.6. The Hall–Kier alpha value is -1.61. The number of hydrogen-bond acceptors (Lipinski definition) is 2. The molecule has 3 rings (SSSR count). The van der Waals surface area contributed by atoms with Gasteiger partial charge in [0.05, 0.1) is 22.8 Å². The molecule has 1 aromatic heterocycles. The monoisotopic (exact) mass is 288 g/mol. The minimum atomic E-state index is 0.0299. The molecule has 1 aliphatic rings. The van der Waals surface area contributed by atoms with Crippen LogP contribution in [0.3, 0.4) is 0 Å². The Bertz CT molecular complexity index is 675. The van der Waals surface area contributed by atoms with Crippen LogP contribution in [0.15, 0.2) is 24.3 Å². The average molecular weight is 289 g/mol. The van der Waals surface area contributed by atoms with Crippen LogP contribution in [0.2, 0.25) is 5.02 Å². The predicted molar refractivity (Wildman–Crippen MR) is 79.2 cm³/mol. The maximum Gasteiger partial charge on any atom is 0.146 e. The van der Waals surface area contributed by atoms with Crippen molar-refractivity contribution >= 4 is 17.4 Å². The summed E-state index contributed by atoms with van der Waals surface area (Å²) < 4.78 is 1.74. The quantitative estimate of drug-likeness (QED) is 0.866. The summed E-state index contributed by atoms with van der Waals surface area (Å²) in [7, 11) is 1.85. The van der Waals surface area contributed by atoms with E-state index < -0.39 is 0 Å². The standard InChI is InChI=1S/C16H17ClN2O/c1-3-13-16(17)14(19(2)18-13)9-15(20)12-8-10-6-4-5-7-11(10)12/h4-7,12H,3,8-9H2,1-2H3. The molecule has 0 N–H and O–H groups in total. The first kappa shape index (κ1) is 13.4. The maximum atomic E-state index is 12.5. The fourth-order valence-corrected chi connectivity index (χ4v) is 3.21. The van der Waals surface area contributed by atoms with Crippen molar-refractivity contribution in [1.82, 2.24) is 9.78 Å². The van der Waals surface area contributed by atoms with Gasteiger partial charge in [0.2, 0.25) is 0 Å². The van der Waals surface area contributed by atoms with E-state index in [-0.39, 0.29) is 11.7 Å². The molecule has 1 aliphatic carbocycles. The molecule has 1 atom stereocenters. The molecule has 3 nitrogen and oxygen atoms in total. The zero-order valence-corrected chi connectivity index (χ0v) is 12.4. The van der Waals surface area contributed by atoms with Crippen LogP contribution in [0.5, 0.6) is 0 Å². The Morgan fingerprint density at radius 3 is 2.85 bits per heavy atom. The van der Waals surface area contributed by atoms with E-state index in [4.69, 9.17) is 11.6 Å². The number of carbonyl (C=O) groups excluding carboxylic acids is 1. The second-order valence-corrected chi connectivity index (χ2v) is 5.66. The lowest BCUT2D eigenvalue weighted by Gasteiger charge is -2.28. The van der Waals surface area contributed by atoms with Gasteiger partial charge in [-0.15, -0.1) is 0 Å². The van der Waals surface area contributed by atoms with Crippen molar-refractivity contribution in [3.8, 4) is 0 Å². The lowest BCUT2D eigenvalue weighted by molar-refractivity contribution is -0.120. The predicted octanol–water partition coefficient (Wildman–Crippen LogP) is 3.09. The van der Waals surface area contributed by atoms with Crippen LogP contribution in [0.4, 0.5) is 0 Å². The number of fused-ring (bicyclic) bond motifs is 1. The average Bonchev–Trinajstić information content (AvgIpc) is 2.67. The number of Topliss-reactive ketones (excluding diaryl/α,β-unsaturated/α-hetero) is 1. The molecule has 0 radical (unpaired) electrons. The van der Waals surface area contributed by atoms with Gasteiger partial charge < -0.3 is 0 Å². The largest absolute Gasteiger partial charge is 0.299 e. The summed E-state index contributed by atoms with van der Waals surface area (Å²) in [5.41, 5.74) is 4.16. The molecule has 20 heavy (non-hydrogen) atoms. The number of nitrogens with zero attached hydrogens (tertiary/aromatic N) is 2. The molecular formula is C16H17ClN2O. The Balaban J connectivity index is 1.80. The van der Waals surface area contributed by atoms with Gasteiger partial charge in [-0.1, -0.05) is 42.8 Å². The van der Waals surface area contributed by atoms with Crippen molar-refractivity contribution in [3.63, 3.8) is 0 Å². The fourth-order valence-electron chi connectivity index (χ4n) is 2.85. The van der Waals surface area contributed by atoms with Crippen molar-refractivity contribution in [2.24, 2.45) is 7.05 Å². The Kier molecular flexibility index (Phi) is 3.38. The van der Waals surface area contributed by atoms with Crippen LogP contribution in [0, 0.1) is 0 Å². The molecule has 0 saturated carbocycles. The lowest BCUT2D eigenvalue weighted by atomic mass is 9.74. The first-order valence-electron chi connectivity index (χ1n) is 6.92. The highest BCUT2D eigenvalue weighted by molar-refractivity contribution is 6.32. The number of aryl methyl sites for hydroxylation is 2. The first-order valence-corrected chi connectivity index (χ1v) is 7.30. The number of rotatable bonds is 4. The minimum Gasteiger partial charge on any atom is -0.299 e. The van der Waals surface area contributed by atoms with E-state index in [1.54, 1.807) is 4.68 Å². The lowest BCUT2D eigenvalue weighted by Crippen LogP contribution is -2.27. The van der Waals surface area contributed by atoms with Crippen LogP contribution < -0.4 is 0 Å². The van der Waals surface area contributed by atoms with E-state index in [1.807, 2.05) is 32.2 Å². The summed E-state index contributed by atoms with van der Waals surface area (Å²) in [6.07, 6.45) is 2.00. The summed E-state index contributed by atoms with van der Waals surface area (Å²) in [6.45, 7) is 2.02. The van der Waals surface area contributed by atoms with Gasteiger partial charge in [-0.05, 0) is 24.0 Å².